The number of benzene rings is 1. The summed E-state index contributed by atoms with van der Waals surface area (Å²) in [5.74, 6) is 1.79. The van der Waals surface area contributed by atoms with Crippen LogP contribution in [-0.2, 0) is 7.05 Å². The van der Waals surface area contributed by atoms with E-state index in [0.29, 0.717) is 11.7 Å². The average molecular weight is 307 g/mol. The first-order chi connectivity index (χ1) is 10.1. The normalized spacial score (nSPS) is 16.2. The number of hydrogen-bond acceptors (Lipinski definition) is 4. The highest BCUT2D eigenvalue weighted by atomic mass is 32.2. The maximum Gasteiger partial charge on any atom is 0.191 e. The standard InChI is InChI=1S/C15H18FN3OS/c1-9-7-11(16)5-6-12(9)13(20)8-21-15-18-17-14(19(15)2)10-3-4-10/h5-7,10,13,20H,3-4,8H2,1-2H3. The number of thioether (sulfide) groups is 1. The van der Waals surface area contributed by atoms with E-state index in [-0.39, 0.29) is 5.82 Å². The molecule has 1 aromatic heterocycles. The van der Waals surface area contributed by atoms with Crippen LogP contribution in [0.25, 0.3) is 0 Å². The van der Waals surface area contributed by atoms with Crippen LogP contribution in [0.5, 0.6) is 0 Å². The molecule has 4 nitrogen and oxygen atoms in total. The minimum absolute atomic E-state index is 0.279. The number of hydrogen-bond donors (Lipinski definition) is 1. The highest BCUT2D eigenvalue weighted by Gasteiger charge is 2.29. The molecule has 6 heteroatoms. The third kappa shape index (κ3) is 3.11. The summed E-state index contributed by atoms with van der Waals surface area (Å²) in [6, 6.07) is 4.46. The van der Waals surface area contributed by atoms with E-state index < -0.39 is 6.10 Å². The van der Waals surface area contributed by atoms with Crippen molar-refractivity contribution < 1.29 is 9.50 Å². The van der Waals surface area contributed by atoms with E-state index in [0.717, 1.165) is 22.1 Å². The molecule has 1 aromatic carbocycles. The minimum atomic E-state index is -0.642. The lowest BCUT2D eigenvalue weighted by Crippen LogP contribution is -2.05. The third-order valence-corrected chi connectivity index (χ3v) is 4.87. The number of aromatic nitrogens is 3. The molecule has 21 heavy (non-hydrogen) atoms. The van der Waals surface area contributed by atoms with E-state index in [2.05, 4.69) is 10.2 Å². The average Bonchev–Trinajstić information content (AvgIpc) is 3.21. The van der Waals surface area contributed by atoms with Gasteiger partial charge in [-0.3, -0.25) is 0 Å². The molecule has 0 aliphatic heterocycles. The van der Waals surface area contributed by atoms with E-state index in [1.807, 2.05) is 11.6 Å². The maximum absolute atomic E-state index is 13.1. The van der Waals surface area contributed by atoms with Crippen LogP contribution in [0.3, 0.4) is 0 Å². The zero-order chi connectivity index (χ0) is 15.0. The Labute approximate surface area is 127 Å². The van der Waals surface area contributed by atoms with Gasteiger partial charge >= 0.3 is 0 Å². The van der Waals surface area contributed by atoms with E-state index in [9.17, 15) is 9.50 Å². The van der Waals surface area contributed by atoms with Crippen molar-refractivity contribution in [1.29, 1.82) is 0 Å². The van der Waals surface area contributed by atoms with Gasteiger partial charge in [-0.25, -0.2) is 4.39 Å². The molecular weight excluding hydrogens is 289 g/mol. The van der Waals surface area contributed by atoms with Crippen molar-refractivity contribution in [1.82, 2.24) is 14.8 Å². The summed E-state index contributed by atoms with van der Waals surface area (Å²) in [6.45, 7) is 1.81. The largest absolute Gasteiger partial charge is 0.388 e. The lowest BCUT2D eigenvalue weighted by molar-refractivity contribution is 0.203. The van der Waals surface area contributed by atoms with Gasteiger partial charge in [0, 0.05) is 18.7 Å². The molecule has 1 atom stereocenters. The second-order valence-corrected chi connectivity index (χ2v) is 6.49. The Morgan fingerprint density at radius 1 is 1.43 bits per heavy atom. The fraction of sp³-hybridized carbons (Fsp3) is 0.467. The van der Waals surface area contributed by atoms with Crippen molar-refractivity contribution in [2.45, 2.75) is 36.9 Å². The summed E-state index contributed by atoms with van der Waals surface area (Å²) in [7, 11) is 1.96. The first kappa shape index (κ1) is 14.5. The van der Waals surface area contributed by atoms with Gasteiger partial charge in [0.1, 0.15) is 11.6 Å². The molecule has 1 aliphatic rings. The molecule has 1 heterocycles. The fourth-order valence-electron chi connectivity index (χ4n) is 2.41. The molecule has 1 fully saturated rings. The quantitative estimate of drug-likeness (QED) is 0.863. The van der Waals surface area contributed by atoms with Crippen molar-refractivity contribution in [3.63, 3.8) is 0 Å². The highest BCUT2D eigenvalue weighted by Crippen LogP contribution is 2.39. The molecule has 3 rings (SSSR count). The Hall–Kier alpha value is -1.40. The molecular formula is C15H18FN3OS. The summed E-state index contributed by atoms with van der Waals surface area (Å²) >= 11 is 1.47. The number of aliphatic hydroxyl groups excluding tert-OH is 1. The van der Waals surface area contributed by atoms with Crippen LogP contribution in [0.2, 0.25) is 0 Å². The summed E-state index contributed by atoms with van der Waals surface area (Å²) in [5.41, 5.74) is 1.52. The Kier molecular flexibility index (Phi) is 3.99. The smallest absolute Gasteiger partial charge is 0.191 e. The topological polar surface area (TPSA) is 50.9 Å². The van der Waals surface area contributed by atoms with E-state index in [4.69, 9.17) is 0 Å². The van der Waals surface area contributed by atoms with Gasteiger partial charge in [0.05, 0.1) is 6.10 Å². The Bertz CT molecular complexity index is 654. The first-order valence-electron chi connectivity index (χ1n) is 7.02. The van der Waals surface area contributed by atoms with Crippen LogP contribution in [-0.4, -0.2) is 25.6 Å². The zero-order valence-electron chi connectivity index (χ0n) is 12.1. The Balaban J connectivity index is 1.66. The molecule has 112 valence electrons. The van der Waals surface area contributed by atoms with Gasteiger partial charge in [-0.15, -0.1) is 10.2 Å². The van der Waals surface area contributed by atoms with E-state index in [1.54, 1.807) is 13.0 Å². The molecule has 0 radical (unpaired) electrons. The zero-order valence-corrected chi connectivity index (χ0v) is 12.9. The molecule has 0 spiro atoms. The summed E-state index contributed by atoms with van der Waals surface area (Å²) < 4.78 is 15.1. The van der Waals surface area contributed by atoms with Crippen molar-refractivity contribution in [3.8, 4) is 0 Å². The molecule has 1 N–H and O–H groups in total. The molecule has 1 unspecified atom stereocenters. The highest BCUT2D eigenvalue weighted by molar-refractivity contribution is 7.99. The van der Waals surface area contributed by atoms with Crippen molar-refractivity contribution in [2.24, 2.45) is 7.05 Å². The number of rotatable bonds is 5. The molecule has 1 saturated carbocycles. The van der Waals surface area contributed by atoms with Crippen LogP contribution in [0.4, 0.5) is 4.39 Å². The second kappa shape index (κ2) is 5.77. The fourth-order valence-corrected chi connectivity index (χ4v) is 3.28. The van der Waals surface area contributed by atoms with Crippen LogP contribution in [0.15, 0.2) is 23.4 Å². The minimum Gasteiger partial charge on any atom is -0.388 e. The molecule has 0 saturated heterocycles. The van der Waals surface area contributed by atoms with Gasteiger partial charge in [-0.1, -0.05) is 17.8 Å². The predicted octanol–water partition coefficient (Wildman–Crippen LogP) is 2.97. The van der Waals surface area contributed by atoms with Gasteiger partial charge < -0.3 is 9.67 Å². The first-order valence-corrected chi connectivity index (χ1v) is 8.01. The molecule has 0 amide bonds. The number of aliphatic hydroxyl groups is 1. The van der Waals surface area contributed by atoms with Crippen molar-refractivity contribution in [3.05, 3.63) is 41.0 Å². The molecule has 0 bridgehead atoms. The molecule has 1 aliphatic carbocycles. The van der Waals surface area contributed by atoms with Gasteiger partial charge in [-0.05, 0) is 43.0 Å². The summed E-state index contributed by atoms with van der Waals surface area (Å²) in [5, 5.41) is 19.5. The molecule has 2 aromatic rings. The van der Waals surface area contributed by atoms with Crippen molar-refractivity contribution in [2.75, 3.05) is 5.75 Å². The second-order valence-electron chi connectivity index (χ2n) is 5.50. The lowest BCUT2D eigenvalue weighted by Gasteiger charge is -2.13. The van der Waals surface area contributed by atoms with E-state index in [1.165, 1.54) is 36.7 Å². The van der Waals surface area contributed by atoms with E-state index >= 15 is 0 Å². The van der Waals surface area contributed by atoms with Gasteiger partial charge in [0.15, 0.2) is 5.16 Å². The van der Waals surface area contributed by atoms with Crippen LogP contribution in [0.1, 0.15) is 41.8 Å². The monoisotopic (exact) mass is 307 g/mol. The maximum atomic E-state index is 13.1. The van der Waals surface area contributed by atoms with Crippen LogP contribution in [0, 0.1) is 12.7 Å². The van der Waals surface area contributed by atoms with Gasteiger partial charge in [-0.2, -0.15) is 0 Å². The lowest BCUT2D eigenvalue weighted by atomic mass is 10.0. The SMILES string of the molecule is Cc1cc(F)ccc1C(O)CSc1nnc(C2CC2)n1C. The third-order valence-electron chi connectivity index (χ3n) is 3.77. The number of halogens is 1. The van der Waals surface area contributed by atoms with Crippen LogP contribution >= 0.6 is 11.8 Å². The number of aryl methyl sites for hydroxylation is 1. The summed E-state index contributed by atoms with van der Waals surface area (Å²) in [6.07, 6.45) is 1.74. The van der Waals surface area contributed by atoms with Crippen molar-refractivity contribution >= 4 is 11.8 Å². The van der Waals surface area contributed by atoms with Gasteiger partial charge in [0.25, 0.3) is 0 Å². The summed E-state index contributed by atoms with van der Waals surface area (Å²) in [4.78, 5) is 0. The predicted molar refractivity (Wildman–Crippen MR) is 79.8 cm³/mol. The van der Waals surface area contributed by atoms with Crippen LogP contribution < -0.4 is 0 Å². The van der Waals surface area contributed by atoms with Gasteiger partial charge in [0.2, 0.25) is 0 Å². The number of nitrogens with zero attached hydrogens (tertiary/aromatic N) is 3. The Morgan fingerprint density at radius 3 is 2.86 bits per heavy atom. The Morgan fingerprint density at radius 2 is 2.19 bits per heavy atom.